The number of rotatable bonds is 2. The number of carboxylic acids is 1. The van der Waals surface area contributed by atoms with E-state index < -0.39 is 11.8 Å². The summed E-state index contributed by atoms with van der Waals surface area (Å²) in [5.74, 6) is -1.72. The molecule has 0 atom stereocenters. The molecule has 0 spiro atoms. The number of hydrogen-bond donors (Lipinski definition) is 1. The first-order valence-electron chi connectivity index (χ1n) is 4.12. The zero-order chi connectivity index (χ0) is 11.0. The van der Waals surface area contributed by atoms with Crippen LogP contribution in [0.5, 0.6) is 0 Å². The van der Waals surface area contributed by atoms with Crippen LogP contribution >= 0.6 is 0 Å². The third-order valence-electron chi connectivity index (χ3n) is 2.14. The molecular formula is C10H6FNO3. The van der Waals surface area contributed by atoms with E-state index in [4.69, 9.17) is 5.11 Å². The summed E-state index contributed by atoms with van der Waals surface area (Å²) >= 11 is 0. The summed E-state index contributed by atoms with van der Waals surface area (Å²) in [5, 5.41) is 9.05. The van der Waals surface area contributed by atoms with Crippen LogP contribution < -0.4 is 0 Å². The Bertz CT molecular complexity index is 559. The van der Waals surface area contributed by atoms with Gasteiger partial charge in [-0.05, 0) is 18.2 Å². The number of carbonyl (C=O) groups is 2. The fourth-order valence-electron chi connectivity index (χ4n) is 1.48. The molecule has 0 fully saturated rings. The Labute approximate surface area is 83.5 Å². The summed E-state index contributed by atoms with van der Waals surface area (Å²) in [6.07, 6.45) is 1.64. The standard InChI is InChI=1S/C10H6FNO3/c11-6-1-2-9-7(3-6)8(10(14)15)4-12(9)5-13/h1-5H,(H,14,15). The first-order chi connectivity index (χ1) is 7.13. The highest BCUT2D eigenvalue weighted by Gasteiger charge is 2.14. The Morgan fingerprint density at radius 3 is 2.80 bits per heavy atom. The van der Waals surface area contributed by atoms with Gasteiger partial charge in [0.05, 0.1) is 11.1 Å². The quantitative estimate of drug-likeness (QED) is 0.759. The van der Waals surface area contributed by atoms with Gasteiger partial charge in [-0.2, -0.15) is 0 Å². The van der Waals surface area contributed by atoms with Gasteiger partial charge in [0.25, 0.3) is 0 Å². The molecule has 1 aromatic heterocycles. The van der Waals surface area contributed by atoms with Crippen molar-refractivity contribution >= 4 is 23.3 Å². The van der Waals surface area contributed by atoms with E-state index in [9.17, 15) is 14.0 Å². The van der Waals surface area contributed by atoms with Gasteiger partial charge in [0, 0.05) is 11.6 Å². The Morgan fingerprint density at radius 1 is 1.47 bits per heavy atom. The molecule has 0 unspecified atom stereocenters. The highest BCUT2D eigenvalue weighted by atomic mass is 19.1. The number of fused-ring (bicyclic) bond motifs is 1. The molecule has 1 heterocycles. The predicted octanol–water partition coefficient (Wildman–Crippen LogP) is 1.52. The van der Waals surface area contributed by atoms with Crippen molar-refractivity contribution in [3.63, 3.8) is 0 Å². The van der Waals surface area contributed by atoms with Crippen LogP contribution in [0.15, 0.2) is 24.4 Å². The number of halogens is 1. The Kier molecular flexibility index (Phi) is 2.00. The van der Waals surface area contributed by atoms with Gasteiger partial charge in [0.2, 0.25) is 6.41 Å². The minimum atomic E-state index is -1.19. The zero-order valence-corrected chi connectivity index (χ0v) is 7.48. The number of nitrogens with zero attached hydrogens (tertiary/aromatic N) is 1. The highest BCUT2D eigenvalue weighted by molar-refractivity contribution is 6.05. The predicted molar refractivity (Wildman–Crippen MR) is 51.0 cm³/mol. The van der Waals surface area contributed by atoms with Gasteiger partial charge in [-0.25, -0.2) is 9.18 Å². The van der Waals surface area contributed by atoms with Crippen LogP contribution in [0, 0.1) is 5.82 Å². The molecular weight excluding hydrogens is 201 g/mol. The highest BCUT2D eigenvalue weighted by Crippen LogP contribution is 2.21. The third-order valence-corrected chi connectivity index (χ3v) is 2.14. The molecule has 0 aliphatic carbocycles. The largest absolute Gasteiger partial charge is 0.478 e. The van der Waals surface area contributed by atoms with E-state index in [1.54, 1.807) is 0 Å². The van der Waals surface area contributed by atoms with E-state index in [-0.39, 0.29) is 10.9 Å². The molecule has 2 rings (SSSR count). The second-order valence-corrected chi connectivity index (χ2v) is 3.02. The summed E-state index contributed by atoms with van der Waals surface area (Å²) < 4.78 is 14.0. The molecule has 1 N–H and O–H groups in total. The molecule has 0 aliphatic heterocycles. The lowest BCUT2D eigenvalue weighted by Crippen LogP contribution is -1.94. The Hall–Kier alpha value is -2.17. The van der Waals surface area contributed by atoms with Crippen molar-refractivity contribution in [2.75, 3.05) is 0 Å². The van der Waals surface area contributed by atoms with E-state index >= 15 is 0 Å². The van der Waals surface area contributed by atoms with Crippen LogP contribution in [0.3, 0.4) is 0 Å². The summed E-state index contributed by atoms with van der Waals surface area (Å²) in [6, 6.07) is 3.64. The van der Waals surface area contributed by atoms with Crippen LogP contribution in [0.4, 0.5) is 4.39 Å². The molecule has 0 aliphatic rings. The van der Waals surface area contributed by atoms with E-state index in [1.165, 1.54) is 18.3 Å². The lowest BCUT2D eigenvalue weighted by atomic mass is 10.2. The second kappa shape index (κ2) is 3.20. The normalized spacial score (nSPS) is 10.5. The monoisotopic (exact) mass is 207 g/mol. The van der Waals surface area contributed by atoms with Crippen molar-refractivity contribution in [3.8, 4) is 0 Å². The van der Waals surface area contributed by atoms with Crippen molar-refractivity contribution in [2.45, 2.75) is 0 Å². The first-order valence-corrected chi connectivity index (χ1v) is 4.12. The summed E-state index contributed by atoms with van der Waals surface area (Å²) in [4.78, 5) is 21.4. The van der Waals surface area contributed by atoms with Gasteiger partial charge < -0.3 is 5.11 Å². The van der Waals surface area contributed by atoms with Gasteiger partial charge in [-0.3, -0.25) is 9.36 Å². The van der Waals surface area contributed by atoms with Crippen molar-refractivity contribution in [2.24, 2.45) is 0 Å². The molecule has 15 heavy (non-hydrogen) atoms. The van der Waals surface area contributed by atoms with Crippen LogP contribution in [0.25, 0.3) is 10.9 Å². The van der Waals surface area contributed by atoms with Crippen LogP contribution in [-0.4, -0.2) is 22.1 Å². The van der Waals surface area contributed by atoms with Crippen molar-refractivity contribution in [3.05, 3.63) is 35.8 Å². The zero-order valence-electron chi connectivity index (χ0n) is 7.48. The van der Waals surface area contributed by atoms with E-state index in [0.717, 1.165) is 10.6 Å². The molecule has 0 saturated carbocycles. The van der Waals surface area contributed by atoms with Gasteiger partial charge in [-0.15, -0.1) is 0 Å². The summed E-state index contributed by atoms with van der Waals surface area (Å²) in [5.41, 5.74) is 0.292. The van der Waals surface area contributed by atoms with Crippen LogP contribution in [-0.2, 0) is 4.79 Å². The summed E-state index contributed by atoms with van der Waals surface area (Å²) in [6.45, 7) is 0. The maximum Gasteiger partial charge on any atom is 0.337 e. The number of aromatic carboxylic acids is 1. The van der Waals surface area contributed by atoms with E-state index in [2.05, 4.69) is 0 Å². The number of hydrogen-bond acceptors (Lipinski definition) is 2. The summed E-state index contributed by atoms with van der Waals surface area (Å²) in [7, 11) is 0. The van der Waals surface area contributed by atoms with Gasteiger partial charge in [-0.1, -0.05) is 0 Å². The maximum absolute atomic E-state index is 12.9. The van der Waals surface area contributed by atoms with Gasteiger partial charge >= 0.3 is 5.97 Å². The average molecular weight is 207 g/mol. The number of carboxylic acid groups (broad SMARTS) is 1. The SMILES string of the molecule is O=Cn1cc(C(=O)O)c2cc(F)ccc21. The lowest BCUT2D eigenvalue weighted by Gasteiger charge is -1.94. The molecule has 0 saturated heterocycles. The number of benzene rings is 1. The second-order valence-electron chi connectivity index (χ2n) is 3.02. The lowest BCUT2D eigenvalue weighted by molar-refractivity contribution is 0.0699. The van der Waals surface area contributed by atoms with Crippen molar-refractivity contribution in [1.82, 2.24) is 4.57 Å². The van der Waals surface area contributed by atoms with E-state index in [1.807, 2.05) is 0 Å². The molecule has 1 aromatic carbocycles. The molecule has 5 heteroatoms. The number of carbonyl (C=O) groups excluding carboxylic acids is 1. The van der Waals surface area contributed by atoms with Gasteiger partial charge in [0.1, 0.15) is 5.82 Å². The Morgan fingerprint density at radius 2 is 2.20 bits per heavy atom. The fraction of sp³-hybridized carbons (Fsp3) is 0. The van der Waals surface area contributed by atoms with E-state index in [0.29, 0.717) is 11.9 Å². The fourth-order valence-corrected chi connectivity index (χ4v) is 1.48. The number of aromatic nitrogens is 1. The Balaban J connectivity index is 2.87. The average Bonchev–Trinajstić information content (AvgIpc) is 2.55. The molecule has 0 radical (unpaired) electrons. The smallest absolute Gasteiger partial charge is 0.337 e. The molecule has 2 aromatic rings. The molecule has 0 amide bonds. The minimum absolute atomic E-state index is 0.0865. The first kappa shape index (κ1) is 9.39. The topological polar surface area (TPSA) is 59.3 Å². The van der Waals surface area contributed by atoms with Crippen LogP contribution in [0.2, 0.25) is 0 Å². The minimum Gasteiger partial charge on any atom is -0.478 e. The maximum atomic E-state index is 12.9. The van der Waals surface area contributed by atoms with Gasteiger partial charge in [0.15, 0.2) is 0 Å². The van der Waals surface area contributed by atoms with Crippen molar-refractivity contribution < 1.29 is 19.1 Å². The van der Waals surface area contributed by atoms with Crippen molar-refractivity contribution in [1.29, 1.82) is 0 Å². The molecule has 4 nitrogen and oxygen atoms in total. The van der Waals surface area contributed by atoms with Crippen LogP contribution in [0.1, 0.15) is 10.4 Å². The molecule has 76 valence electrons. The third kappa shape index (κ3) is 1.38. The molecule has 0 bridgehead atoms.